The van der Waals surface area contributed by atoms with Crippen molar-refractivity contribution >= 4 is 43.2 Å². The van der Waals surface area contributed by atoms with Crippen LogP contribution in [0.5, 0.6) is 0 Å². The molecule has 0 radical (unpaired) electrons. The van der Waals surface area contributed by atoms with Crippen LogP contribution in [0.15, 0.2) is 48.0 Å². The molecule has 10 heteroatoms. The van der Waals surface area contributed by atoms with Gasteiger partial charge in [-0.05, 0) is 30.2 Å². The highest BCUT2D eigenvalue weighted by Crippen LogP contribution is 2.27. The van der Waals surface area contributed by atoms with Gasteiger partial charge in [0.05, 0.1) is 22.3 Å². The number of sulfonamides is 1. The third kappa shape index (κ3) is 4.61. The molecule has 2 aromatic heterocycles. The smallest absolute Gasteiger partial charge is 0.266 e. The largest absolute Gasteiger partial charge is 0.321 e. The summed E-state index contributed by atoms with van der Waals surface area (Å²) in [5.41, 5.74) is 1.50. The summed E-state index contributed by atoms with van der Waals surface area (Å²) < 4.78 is 27.6. The van der Waals surface area contributed by atoms with Gasteiger partial charge in [-0.1, -0.05) is 18.2 Å². The van der Waals surface area contributed by atoms with Crippen molar-refractivity contribution in [3.05, 3.63) is 69.6 Å². The first-order chi connectivity index (χ1) is 13.7. The number of aromatic nitrogens is 2. The van der Waals surface area contributed by atoms with Gasteiger partial charge in [-0.2, -0.15) is 0 Å². The quantitative estimate of drug-likeness (QED) is 0.556. The van der Waals surface area contributed by atoms with Crippen molar-refractivity contribution < 1.29 is 13.2 Å². The van der Waals surface area contributed by atoms with Crippen LogP contribution in [-0.2, 0) is 22.8 Å². The number of amides is 1. The van der Waals surface area contributed by atoms with E-state index in [9.17, 15) is 18.0 Å². The maximum Gasteiger partial charge on any atom is 0.266 e. The third-order valence-corrected chi connectivity index (χ3v) is 6.75. The van der Waals surface area contributed by atoms with E-state index < -0.39 is 10.0 Å². The molecule has 2 N–H and O–H groups in total. The van der Waals surface area contributed by atoms with E-state index in [2.05, 4.69) is 21.6 Å². The maximum atomic E-state index is 12.7. The van der Waals surface area contributed by atoms with Gasteiger partial charge in [0.15, 0.2) is 0 Å². The number of aryl methyl sites for hydroxylation is 2. The van der Waals surface area contributed by atoms with Gasteiger partial charge in [0.25, 0.3) is 11.5 Å². The molecule has 0 spiro atoms. The number of hydrogen-bond donors (Lipinski definition) is 2. The zero-order chi connectivity index (χ0) is 21.2. The Balaban J connectivity index is 1.77. The molecule has 8 nitrogen and oxygen atoms in total. The number of nitrogens with one attached hydrogen (secondary N) is 2. The highest BCUT2D eigenvalue weighted by Gasteiger charge is 2.19. The molecule has 3 rings (SSSR count). The Morgan fingerprint density at radius 1 is 1.31 bits per heavy atom. The average Bonchev–Trinajstić information content (AvgIpc) is 3.02. The second kappa shape index (κ2) is 8.27. The van der Waals surface area contributed by atoms with Crippen LogP contribution in [0.4, 0.5) is 5.69 Å². The topological polar surface area (TPSA) is 110 Å². The molecule has 0 saturated heterocycles. The summed E-state index contributed by atoms with van der Waals surface area (Å²) in [5.74, 6) is -0.514. The summed E-state index contributed by atoms with van der Waals surface area (Å²) in [6.45, 7) is 5.37. The predicted molar refractivity (Wildman–Crippen MR) is 115 cm³/mol. The molecular weight excluding hydrogens is 412 g/mol. The number of carbonyl (C=O) groups is 1. The maximum absolute atomic E-state index is 12.7. The number of rotatable bonds is 7. The lowest BCUT2D eigenvalue weighted by Crippen LogP contribution is -2.25. The molecule has 1 aromatic carbocycles. The number of fused-ring (bicyclic) bond motifs is 1. The first-order valence-corrected chi connectivity index (χ1v) is 11.1. The summed E-state index contributed by atoms with van der Waals surface area (Å²) in [7, 11) is -1.84. The van der Waals surface area contributed by atoms with Crippen molar-refractivity contribution in [3.63, 3.8) is 0 Å². The number of benzene rings is 1. The molecule has 0 saturated carbocycles. The van der Waals surface area contributed by atoms with Crippen LogP contribution >= 0.6 is 11.3 Å². The van der Waals surface area contributed by atoms with Crippen LogP contribution in [0.3, 0.4) is 0 Å². The monoisotopic (exact) mass is 432 g/mol. The molecule has 3 aromatic rings. The lowest BCUT2D eigenvalue weighted by Gasteiger charge is -2.07. The highest BCUT2D eigenvalue weighted by atomic mass is 32.2. The first kappa shape index (κ1) is 20.9. The van der Waals surface area contributed by atoms with Crippen molar-refractivity contribution in [1.29, 1.82) is 0 Å². The van der Waals surface area contributed by atoms with Crippen LogP contribution < -0.4 is 15.6 Å². The van der Waals surface area contributed by atoms with E-state index in [1.807, 2.05) is 0 Å². The predicted octanol–water partition coefficient (Wildman–Crippen LogP) is 2.16. The molecule has 2 heterocycles. The minimum Gasteiger partial charge on any atom is -0.321 e. The molecule has 1 amide bonds. The Labute approximate surface area is 172 Å². The van der Waals surface area contributed by atoms with Crippen LogP contribution in [0.2, 0.25) is 0 Å². The third-order valence-electron chi connectivity index (χ3n) is 4.23. The van der Waals surface area contributed by atoms with Crippen LogP contribution in [0.25, 0.3) is 10.2 Å². The Kier molecular flexibility index (Phi) is 5.96. The standard InChI is InChI=1S/C19H20N4O4S2/c1-4-9-21-29(26,27)10-13-5-7-14(8-6-13)22-17(24)16-12(2)15-18(28-16)20-11-23(3)19(15)25/h4-8,11,21H,1,9-10H2,2-3H3,(H,22,24). The second-order valence-corrected chi connectivity index (χ2v) is 9.25. The fraction of sp³-hybridized carbons (Fsp3) is 0.211. The lowest BCUT2D eigenvalue weighted by atomic mass is 10.2. The van der Waals surface area contributed by atoms with Gasteiger partial charge in [0.2, 0.25) is 10.0 Å². The number of hydrogen-bond acceptors (Lipinski definition) is 6. The van der Waals surface area contributed by atoms with Crippen molar-refractivity contribution in [2.45, 2.75) is 12.7 Å². The molecule has 0 unspecified atom stereocenters. The molecule has 0 fully saturated rings. The molecular formula is C19H20N4O4S2. The normalized spacial score (nSPS) is 11.5. The van der Waals surface area contributed by atoms with Crippen molar-refractivity contribution in [1.82, 2.24) is 14.3 Å². The molecule has 0 aliphatic heterocycles. The molecule has 0 aliphatic carbocycles. The SMILES string of the molecule is C=CCNS(=O)(=O)Cc1ccc(NC(=O)c2sc3ncn(C)c(=O)c3c2C)cc1. The molecule has 29 heavy (non-hydrogen) atoms. The van der Waals surface area contributed by atoms with E-state index in [4.69, 9.17) is 0 Å². The van der Waals surface area contributed by atoms with Crippen molar-refractivity contribution in [2.24, 2.45) is 7.05 Å². The number of carbonyl (C=O) groups excluding carboxylic acids is 1. The van der Waals surface area contributed by atoms with Crippen LogP contribution in [0, 0.1) is 6.92 Å². The minimum atomic E-state index is -3.45. The summed E-state index contributed by atoms with van der Waals surface area (Å²) in [6.07, 6.45) is 2.90. The molecule has 0 atom stereocenters. The van der Waals surface area contributed by atoms with E-state index in [0.717, 1.165) is 11.3 Å². The summed E-state index contributed by atoms with van der Waals surface area (Å²) in [5, 5.41) is 3.22. The zero-order valence-corrected chi connectivity index (χ0v) is 17.6. The van der Waals surface area contributed by atoms with Crippen LogP contribution in [-0.4, -0.2) is 30.4 Å². The van der Waals surface area contributed by atoms with Gasteiger partial charge >= 0.3 is 0 Å². The second-order valence-electron chi connectivity index (χ2n) is 6.44. The molecule has 152 valence electrons. The lowest BCUT2D eigenvalue weighted by molar-refractivity contribution is 0.103. The van der Waals surface area contributed by atoms with E-state index >= 15 is 0 Å². The van der Waals surface area contributed by atoms with Crippen molar-refractivity contribution in [2.75, 3.05) is 11.9 Å². The van der Waals surface area contributed by atoms with Gasteiger partial charge in [-0.25, -0.2) is 18.1 Å². The Morgan fingerprint density at radius 2 is 2.00 bits per heavy atom. The zero-order valence-electron chi connectivity index (χ0n) is 15.9. The summed E-state index contributed by atoms with van der Waals surface area (Å²) in [6, 6.07) is 6.54. The van der Waals surface area contributed by atoms with E-state index in [1.165, 1.54) is 17.0 Å². The van der Waals surface area contributed by atoms with E-state index in [-0.39, 0.29) is 23.8 Å². The fourth-order valence-corrected chi connectivity index (χ4v) is 4.89. The Bertz CT molecular complexity index is 1240. The van der Waals surface area contributed by atoms with Gasteiger partial charge in [-0.15, -0.1) is 17.9 Å². The Hall–Kier alpha value is -2.82. The van der Waals surface area contributed by atoms with Gasteiger partial charge in [0, 0.05) is 19.3 Å². The minimum absolute atomic E-state index is 0.167. The van der Waals surface area contributed by atoms with Crippen LogP contribution in [0.1, 0.15) is 20.8 Å². The number of nitrogens with zero attached hydrogens (tertiary/aromatic N) is 2. The summed E-state index contributed by atoms with van der Waals surface area (Å²) >= 11 is 1.16. The van der Waals surface area contributed by atoms with E-state index in [1.54, 1.807) is 38.2 Å². The fourth-order valence-electron chi connectivity index (χ4n) is 2.75. The number of anilines is 1. The first-order valence-electron chi connectivity index (χ1n) is 8.65. The highest BCUT2D eigenvalue weighted by molar-refractivity contribution is 7.88. The molecule has 0 bridgehead atoms. The van der Waals surface area contributed by atoms with Crippen molar-refractivity contribution in [3.8, 4) is 0 Å². The van der Waals surface area contributed by atoms with Gasteiger partial charge < -0.3 is 9.88 Å². The molecule has 0 aliphatic rings. The van der Waals surface area contributed by atoms with Gasteiger partial charge in [-0.3, -0.25) is 9.59 Å². The van der Waals surface area contributed by atoms with Gasteiger partial charge in [0.1, 0.15) is 4.83 Å². The van der Waals surface area contributed by atoms with E-state index in [0.29, 0.717) is 31.9 Å². The summed E-state index contributed by atoms with van der Waals surface area (Å²) in [4.78, 5) is 30.1. The average molecular weight is 433 g/mol. The number of thiophene rings is 1. The Morgan fingerprint density at radius 3 is 2.66 bits per heavy atom.